The number of nitrogens with zero attached hydrogens (tertiary/aromatic N) is 1. The van der Waals surface area contributed by atoms with Crippen molar-refractivity contribution in [2.45, 2.75) is 51.6 Å². The minimum atomic E-state index is -0.722. The molecule has 0 aromatic heterocycles. The van der Waals surface area contributed by atoms with Gasteiger partial charge in [0.05, 0.1) is 26.9 Å². The molecule has 3 N–H and O–H groups in total. The largest absolute Gasteiger partial charge is 0.493 e. The van der Waals surface area contributed by atoms with Gasteiger partial charge in [-0.3, -0.25) is 14.5 Å². The molecule has 0 spiro atoms. The number of methoxy groups -OCH3 is 2. The molecule has 9 heteroatoms. The molecule has 1 saturated heterocycles. The lowest BCUT2D eigenvalue weighted by Crippen LogP contribution is -2.42. The summed E-state index contributed by atoms with van der Waals surface area (Å²) in [6.07, 6.45) is 1.60. The lowest BCUT2D eigenvalue weighted by Gasteiger charge is -2.22. The standard InChI is InChI=1S/C22H33N3O6/c1-5-14(2)17(13-26)23-20(27)9-7-16-21(28)25(22(29)24-16)11-10-15-6-8-18(30-3)19(12-15)31-4/h6,8,12,14,16-17,26H,5,7,9-11,13H2,1-4H3,(H,23,27)(H,24,29)/t14-,16-,17+/m0/s1. The van der Waals surface area contributed by atoms with Gasteiger partial charge in [0, 0.05) is 13.0 Å². The summed E-state index contributed by atoms with van der Waals surface area (Å²) in [6, 6.07) is 3.96. The van der Waals surface area contributed by atoms with Crippen molar-refractivity contribution in [3.63, 3.8) is 0 Å². The van der Waals surface area contributed by atoms with E-state index in [0.717, 1.165) is 12.0 Å². The number of carbonyl (C=O) groups excluding carboxylic acids is 3. The molecule has 9 nitrogen and oxygen atoms in total. The number of ether oxygens (including phenoxy) is 2. The first-order valence-electron chi connectivity index (χ1n) is 10.6. The molecule has 1 fully saturated rings. The molecule has 1 aromatic carbocycles. The Morgan fingerprint density at radius 1 is 1.26 bits per heavy atom. The number of amides is 4. The summed E-state index contributed by atoms with van der Waals surface area (Å²) >= 11 is 0. The smallest absolute Gasteiger partial charge is 0.324 e. The Hall–Kier alpha value is -2.81. The van der Waals surface area contributed by atoms with Gasteiger partial charge in [0.1, 0.15) is 6.04 Å². The van der Waals surface area contributed by atoms with E-state index < -0.39 is 12.1 Å². The van der Waals surface area contributed by atoms with E-state index in [1.807, 2.05) is 26.0 Å². The number of carbonyl (C=O) groups is 3. The zero-order valence-electron chi connectivity index (χ0n) is 18.6. The third-order valence-corrected chi connectivity index (χ3v) is 5.71. The molecule has 0 bridgehead atoms. The fourth-order valence-electron chi connectivity index (χ4n) is 3.47. The van der Waals surface area contributed by atoms with E-state index in [-0.39, 0.29) is 49.8 Å². The maximum Gasteiger partial charge on any atom is 0.324 e. The van der Waals surface area contributed by atoms with Crippen molar-refractivity contribution in [1.29, 1.82) is 0 Å². The van der Waals surface area contributed by atoms with Crippen LogP contribution >= 0.6 is 0 Å². The maximum atomic E-state index is 12.6. The van der Waals surface area contributed by atoms with E-state index in [0.29, 0.717) is 17.9 Å². The van der Waals surface area contributed by atoms with Crippen molar-refractivity contribution in [3.8, 4) is 11.5 Å². The molecule has 1 aliphatic heterocycles. The number of urea groups is 1. The summed E-state index contributed by atoms with van der Waals surface area (Å²) in [4.78, 5) is 38.3. The average Bonchev–Trinajstić information content (AvgIpc) is 3.06. The fraction of sp³-hybridized carbons (Fsp3) is 0.591. The van der Waals surface area contributed by atoms with Crippen LogP contribution in [-0.4, -0.2) is 67.3 Å². The van der Waals surface area contributed by atoms with Crippen LogP contribution in [0.3, 0.4) is 0 Å². The van der Waals surface area contributed by atoms with Crippen LogP contribution in [0.15, 0.2) is 18.2 Å². The van der Waals surface area contributed by atoms with Crippen molar-refractivity contribution in [1.82, 2.24) is 15.5 Å². The van der Waals surface area contributed by atoms with Crippen LogP contribution in [0.4, 0.5) is 4.79 Å². The quantitative estimate of drug-likeness (QED) is 0.428. The third-order valence-electron chi connectivity index (χ3n) is 5.71. The van der Waals surface area contributed by atoms with Crippen LogP contribution in [-0.2, 0) is 16.0 Å². The molecule has 4 amide bonds. The van der Waals surface area contributed by atoms with Crippen LogP contribution in [0.5, 0.6) is 11.5 Å². The molecule has 1 aliphatic rings. The molecule has 0 saturated carbocycles. The normalized spacial score (nSPS) is 17.8. The van der Waals surface area contributed by atoms with E-state index >= 15 is 0 Å². The second kappa shape index (κ2) is 11.5. The molecular weight excluding hydrogens is 402 g/mol. The second-order valence-corrected chi connectivity index (χ2v) is 7.71. The Morgan fingerprint density at radius 2 is 1.97 bits per heavy atom. The predicted molar refractivity (Wildman–Crippen MR) is 115 cm³/mol. The number of nitrogens with one attached hydrogen (secondary N) is 2. The number of benzene rings is 1. The van der Waals surface area contributed by atoms with Gasteiger partial charge < -0.3 is 25.2 Å². The summed E-state index contributed by atoms with van der Waals surface area (Å²) in [7, 11) is 3.10. The van der Waals surface area contributed by atoms with E-state index in [4.69, 9.17) is 9.47 Å². The minimum Gasteiger partial charge on any atom is -0.493 e. The SMILES string of the molecule is CC[C@H](C)[C@@H](CO)NC(=O)CC[C@@H]1NC(=O)N(CCc2ccc(OC)c(OC)c2)C1=O. The second-order valence-electron chi connectivity index (χ2n) is 7.71. The van der Waals surface area contributed by atoms with E-state index in [1.165, 1.54) is 4.90 Å². The zero-order valence-corrected chi connectivity index (χ0v) is 18.6. The first kappa shape index (κ1) is 24.5. The molecule has 31 heavy (non-hydrogen) atoms. The highest BCUT2D eigenvalue weighted by atomic mass is 16.5. The first-order chi connectivity index (χ1) is 14.8. The highest BCUT2D eigenvalue weighted by Crippen LogP contribution is 2.28. The van der Waals surface area contributed by atoms with Crippen LogP contribution in [0.25, 0.3) is 0 Å². The van der Waals surface area contributed by atoms with Gasteiger partial charge in [-0.25, -0.2) is 4.79 Å². The van der Waals surface area contributed by atoms with Gasteiger partial charge in [0.15, 0.2) is 11.5 Å². The molecule has 1 heterocycles. The van der Waals surface area contributed by atoms with E-state index in [2.05, 4.69) is 10.6 Å². The van der Waals surface area contributed by atoms with Gasteiger partial charge in [-0.15, -0.1) is 0 Å². The van der Waals surface area contributed by atoms with Gasteiger partial charge in [-0.1, -0.05) is 26.3 Å². The van der Waals surface area contributed by atoms with Gasteiger partial charge in [0.2, 0.25) is 5.91 Å². The van der Waals surface area contributed by atoms with E-state index in [9.17, 15) is 19.5 Å². The first-order valence-corrected chi connectivity index (χ1v) is 10.6. The molecule has 2 rings (SSSR count). The molecule has 3 atom stereocenters. The highest BCUT2D eigenvalue weighted by molar-refractivity contribution is 6.04. The van der Waals surface area contributed by atoms with Gasteiger partial charge in [-0.05, 0) is 36.5 Å². The van der Waals surface area contributed by atoms with Crippen LogP contribution in [0.1, 0.15) is 38.7 Å². The Bertz CT molecular complexity index is 785. The highest BCUT2D eigenvalue weighted by Gasteiger charge is 2.37. The van der Waals surface area contributed by atoms with Crippen molar-refractivity contribution in [3.05, 3.63) is 23.8 Å². The summed E-state index contributed by atoms with van der Waals surface area (Å²) in [5.41, 5.74) is 0.904. The summed E-state index contributed by atoms with van der Waals surface area (Å²) in [5, 5.41) is 14.9. The number of hydrogen-bond acceptors (Lipinski definition) is 6. The van der Waals surface area contributed by atoms with Gasteiger partial charge in [-0.2, -0.15) is 0 Å². The number of rotatable bonds is 12. The Kier molecular flexibility index (Phi) is 9.11. The van der Waals surface area contributed by atoms with Crippen molar-refractivity contribution >= 4 is 17.8 Å². The topological polar surface area (TPSA) is 117 Å². The van der Waals surface area contributed by atoms with Crippen molar-refractivity contribution < 1.29 is 29.0 Å². The molecule has 172 valence electrons. The summed E-state index contributed by atoms with van der Waals surface area (Å²) < 4.78 is 10.5. The minimum absolute atomic E-state index is 0.0904. The number of imide groups is 1. The Labute approximate surface area is 183 Å². The summed E-state index contributed by atoms with van der Waals surface area (Å²) in [6.45, 7) is 4.04. The van der Waals surface area contributed by atoms with Gasteiger partial charge in [0.25, 0.3) is 5.91 Å². The lowest BCUT2D eigenvalue weighted by molar-refractivity contribution is -0.127. The number of aliphatic hydroxyl groups excluding tert-OH is 1. The van der Waals surface area contributed by atoms with Crippen LogP contribution < -0.4 is 20.1 Å². The molecular formula is C22H33N3O6. The fourth-order valence-corrected chi connectivity index (χ4v) is 3.47. The van der Waals surface area contributed by atoms with Crippen LogP contribution in [0, 0.1) is 5.92 Å². The lowest BCUT2D eigenvalue weighted by atomic mass is 9.99. The molecule has 0 aliphatic carbocycles. The number of aliphatic hydroxyl groups is 1. The van der Waals surface area contributed by atoms with Gasteiger partial charge >= 0.3 is 6.03 Å². The monoisotopic (exact) mass is 435 g/mol. The maximum absolute atomic E-state index is 12.6. The van der Waals surface area contributed by atoms with Crippen molar-refractivity contribution in [2.75, 3.05) is 27.4 Å². The average molecular weight is 436 g/mol. The third kappa shape index (κ3) is 6.33. The number of hydrogen-bond donors (Lipinski definition) is 3. The summed E-state index contributed by atoms with van der Waals surface area (Å²) in [5.74, 6) is 0.758. The van der Waals surface area contributed by atoms with E-state index in [1.54, 1.807) is 20.3 Å². The zero-order chi connectivity index (χ0) is 23.0. The molecule has 0 unspecified atom stereocenters. The predicted octanol–water partition coefficient (Wildman–Crippen LogP) is 1.47. The van der Waals surface area contributed by atoms with Crippen LogP contribution in [0.2, 0.25) is 0 Å². The Balaban J connectivity index is 1.87. The molecule has 0 radical (unpaired) electrons. The Morgan fingerprint density at radius 3 is 2.58 bits per heavy atom. The van der Waals surface area contributed by atoms with Crippen molar-refractivity contribution in [2.24, 2.45) is 5.92 Å². The molecule has 1 aromatic rings.